The lowest BCUT2D eigenvalue weighted by molar-refractivity contribution is 0.151. The molecule has 0 amide bonds. The lowest BCUT2D eigenvalue weighted by Crippen LogP contribution is -2.12. The average molecular weight is 268 g/mol. The average Bonchev–Trinajstić information content (AvgIpc) is 2.75. The molecule has 0 spiro atoms. The zero-order valence-corrected chi connectivity index (χ0v) is 10.1. The molecule has 1 aliphatic heterocycles. The number of nitrogens with zero attached hydrogens (tertiary/aromatic N) is 1. The Morgan fingerprint density at radius 1 is 1.33 bits per heavy atom. The van der Waals surface area contributed by atoms with Crippen molar-refractivity contribution in [1.29, 1.82) is 0 Å². The fourth-order valence-electron chi connectivity index (χ4n) is 2.70. The van der Waals surface area contributed by atoms with Gasteiger partial charge in [-0.1, -0.05) is 15.9 Å². The Hall–Kier alpha value is -0.410. The van der Waals surface area contributed by atoms with Crippen LogP contribution >= 0.6 is 15.9 Å². The van der Waals surface area contributed by atoms with Crippen molar-refractivity contribution in [2.75, 3.05) is 13.2 Å². The van der Waals surface area contributed by atoms with Crippen LogP contribution in [0.5, 0.6) is 0 Å². The molecule has 3 heteroatoms. The van der Waals surface area contributed by atoms with Crippen LogP contribution in [0.25, 0.3) is 0 Å². The Bertz CT molecular complexity index is 333. The zero-order chi connectivity index (χ0) is 10.3. The molecule has 3 atom stereocenters. The van der Waals surface area contributed by atoms with E-state index in [4.69, 9.17) is 4.74 Å². The van der Waals surface area contributed by atoms with Crippen LogP contribution in [0.1, 0.15) is 5.56 Å². The number of rotatable bonds is 3. The van der Waals surface area contributed by atoms with Gasteiger partial charge in [-0.3, -0.25) is 4.98 Å². The van der Waals surface area contributed by atoms with Crippen molar-refractivity contribution in [3.63, 3.8) is 0 Å². The number of pyridine rings is 1. The molecule has 3 unspecified atom stereocenters. The molecule has 2 nitrogen and oxygen atoms in total. The largest absolute Gasteiger partial charge is 0.381 e. The minimum atomic E-state index is 0.610. The van der Waals surface area contributed by atoms with E-state index in [1.54, 1.807) is 0 Å². The minimum absolute atomic E-state index is 0.610. The molecule has 0 bridgehead atoms. The summed E-state index contributed by atoms with van der Waals surface area (Å²) in [5.41, 5.74) is 1.37. The van der Waals surface area contributed by atoms with E-state index in [9.17, 15) is 0 Å². The van der Waals surface area contributed by atoms with Gasteiger partial charge in [0.1, 0.15) is 0 Å². The first kappa shape index (κ1) is 9.79. The van der Waals surface area contributed by atoms with Crippen LogP contribution < -0.4 is 0 Å². The van der Waals surface area contributed by atoms with Crippen LogP contribution in [-0.4, -0.2) is 23.0 Å². The molecular weight excluding hydrogens is 254 g/mol. The van der Waals surface area contributed by atoms with Gasteiger partial charge in [-0.05, 0) is 41.9 Å². The molecular formula is C12H14BrNO. The molecule has 0 N–H and O–H groups in total. The second kappa shape index (κ2) is 3.87. The highest BCUT2D eigenvalue weighted by Gasteiger charge is 2.56. The Kier molecular flexibility index (Phi) is 2.53. The highest BCUT2D eigenvalue weighted by molar-refractivity contribution is 9.09. The maximum Gasteiger partial charge on any atom is 0.0501 e. The van der Waals surface area contributed by atoms with E-state index in [-0.39, 0.29) is 0 Å². The highest BCUT2D eigenvalue weighted by Crippen LogP contribution is 2.54. The van der Waals surface area contributed by atoms with Crippen LogP contribution in [0.4, 0.5) is 0 Å². The summed E-state index contributed by atoms with van der Waals surface area (Å²) in [6.07, 6.45) is 4.85. The molecule has 2 fully saturated rings. The summed E-state index contributed by atoms with van der Waals surface area (Å²) in [6, 6.07) is 4.20. The second-order valence-electron chi connectivity index (χ2n) is 4.52. The second-order valence-corrected chi connectivity index (χ2v) is 5.69. The van der Waals surface area contributed by atoms with Gasteiger partial charge in [0.25, 0.3) is 0 Å². The Labute approximate surface area is 98.2 Å². The molecule has 1 aromatic heterocycles. The minimum Gasteiger partial charge on any atom is -0.381 e. The Morgan fingerprint density at radius 2 is 2.00 bits per heavy atom. The van der Waals surface area contributed by atoms with Gasteiger partial charge >= 0.3 is 0 Å². The summed E-state index contributed by atoms with van der Waals surface area (Å²) in [5, 5.41) is 0. The van der Waals surface area contributed by atoms with Gasteiger partial charge in [-0.15, -0.1) is 0 Å². The third kappa shape index (κ3) is 1.83. The quantitative estimate of drug-likeness (QED) is 0.785. The van der Waals surface area contributed by atoms with E-state index in [0.29, 0.717) is 4.83 Å². The summed E-state index contributed by atoms with van der Waals surface area (Å²) in [6.45, 7) is 1.96. The lowest BCUT2D eigenvalue weighted by Gasteiger charge is -2.11. The number of fused-ring (bicyclic) bond motifs is 1. The van der Waals surface area contributed by atoms with Crippen molar-refractivity contribution >= 4 is 15.9 Å². The molecule has 2 aliphatic rings. The molecule has 1 saturated heterocycles. The standard InChI is InChI=1S/C12H14BrNO/c13-11(5-8-1-3-14-4-2-8)12-9-6-15-7-10(9)12/h1-4,9-12H,5-7H2. The van der Waals surface area contributed by atoms with E-state index >= 15 is 0 Å². The van der Waals surface area contributed by atoms with Crippen molar-refractivity contribution < 1.29 is 4.74 Å². The normalized spacial score (nSPS) is 34.9. The van der Waals surface area contributed by atoms with Crippen molar-refractivity contribution in [1.82, 2.24) is 4.98 Å². The zero-order valence-electron chi connectivity index (χ0n) is 8.47. The van der Waals surface area contributed by atoms with Gasteiger partial charge in [0.05, 0.1) is 13.2 Å². The molecule has 0 radical (unpaired) electrons. The molecule has 1 aliphatic carbocycles. The molecule has 0 aromatic carbocycles. The van der Waals surface area contributed by atoms with Gasteiger partial charge < -0.3 is 4.74 Å². The molecule has 3 rings (SSSR count). The van der Waals surface area contributed by atoms with E-state index in [2.05, 4.69) is 33.0 Å². The number of halogens is 1. The van der Waals surface area contributed by atoms with Crippen LogP contribution in [0.2, 0.25) is 0 Å². The van der Waals surface area contributed by atoms with Crippen molar-refractivity contribution in [2.24, 2.45) is 17.8 Å². The van der Waals surface area contributed by atoms with Gasteiger partial charge in [0, 0.05) is 17.2 Å². The first-order chi connectivity index (χ1) is 7.36. The number of aromatic nitrogens is 1. The van der Waals surface area contributed by atoms with Gasteiger partial charge in [0.2, 0.25) is 0 Å². The lowest BCUT2D eigenvalue weighted by atomic mass is 10.1. The number of hydrogen-bond donors (Lipinski definition) is 0. The third-order valence-electron chi connectivity index (χ3n) is 3.62. The predicted octanol–water partition coefficient (Wildman–Crippen LogP) is 2.28. The number of hydrogen-bond acceptors (Lipinski definition) is 2. The van der Waals surface area contributed by atoms with Crippen molar-refractivity contribution in [3.8, 4) is 0 Å². The summed E-state index contributed by atoms with van der Waals surface area (Å²) < 4.78 is 5.41. The number of ether oxygens (including phenoxy) is 1. The van der Waals surface area contributed by atoms with Crippen molar-refractivity contribution in [3.05, 3.63) is 30.1 Å². The summed E-state index contributed by atoms with van der Waals surface area (Å²) in [5.74, 6) is 2.50. The smallest absolute Gasteiger partial charge is 0.0501 e. The topological polar surface area (TPSA) is 22.1 Å². The number of alkyl halides is 1. The molecule has 1 aromatic rings. The first-order valence-corrected chi connectivity index (χ1v) is 6.38. The monoisotopic (exact) mass is 267 g/mol. The fourth-order valence-corrected chi connectivity index (χ4v) is 3.86. The maximum absolute atomic E-state index is 5.41. The molecule has 80 valence electrons. The molecule has 2 heterocycles. The highest BCUT2D eigenvalue weighted by atomic mass is 79.9. The molecule has 1 saturated carbocycles. The van der Waals surface area contributed by atoms with Gasteiger partial charge in [0.15, 0.2) is 0 Å². The SMILES string of the molecule is BrC(Cc1ccncc1)C1C2COCC21. The van der Waals surface area contributed by atoms with E-state index < -0.39 is 0 Å². The molecule has 15 heavy (non-hydrogen) atoms. The van der Waals surface area contributed by atoms with Crippen LogP contribution in [-0.2, 0) is 11.2 Å². The van der Waals surface area contributed by atoms with Gasteiger partial charge in [-0.2, -0.15) is 0 Å². The van der Waals surface area contributed by atoms with Gasteiger partial charge in [-0.25, -0.2) is 0 Å². The predicted molar refractivity (Wildman–Crippen MR) is 61.9 cm³/mol. The first-order valence-electron chi connectivity index (χ1n) is 5.47. The van der Waals surface area contributed by atoms with Crippen LogP contribution in [0, 0.1) is 17.8 Å². The van der Waals surface area contributed by atoms with Crippen LogP contribution in [0.3, 0.4) is 0 Å². The third-order valence-corrected chi connectivity index (χ3v) is 4.55. The van der Waals surface area contributed by atoms with E-state index in [1.165, 1.54) is 5.56 Å². The Balaban J connectivity index is 1.60. The summed E-state index contributed by atoms with van der Waals surface area (Å²) in [7, 11) is 0. The Morgan fingerprint density at radius 3 is 2.67 bits per heavy atom. The van der Waals surface area contributed by atoms with E-state index in [1.807, 2.05) is 12.4 Å². The van der Waals surface area contributed by atoms with Crippen molar-refractivity contribution in [2.45, 2.75) is 11.2 Å². The van der Waals surface area contributed by atoms with Crippen LogP contribution in [0.15, 0.2) is 24.5 Å². The summed E-state index contributed by atoms with van der Waals surface area (Å²) in [4.78, 5) is 4.65. The maximum atomic E-state index is 5.41. The fraction of sp³-hybridized carbons (Fsp3) is 0.583. The van der Waals surface area contributed by atoms with E-state index in [0.717, 1.165) is 37.4 Å². The summed E-state index contributed by atoms with van der Waals surface area (Å²) >= 11 is 3.82.